The van der Waals surface area contributed by atoms with Gasteiger partial charge in [0.2, 0.25) is 0 Å². The number of anilines is 1. The molecule has 1 aliphatic heterocycles. The van der Waals surface area contributed by atoms with E-state index < -0.39 is 6.36 Å². The maximum absolute atomic E-state index is 12.5. The molecule has 0 bridgehead atoms. The molecule has 3 aromatic rings. The number of aromatic nitrogens is 1. The van der Waals surface area contributed by atoms with Crippen LogP contribution in [-0.4, -0.2) is 24.1 Å². The predicted octanol–water partition coefficient (Wildman–Crippen LogP) is 4.52. The van der Waals surface area contributed by atoms with Crippen molar-refractivity contribution in [2.75, 3.05) is 18.5 Å². The SMILES string of the molecule is Cc1cc(=O)n(-c2ccc(OC(F)(F)F)cc2)cc1-c1cccc2c1OCCN2. The zero-order chi connectivity index (χ0) is 20.6. The molecule has 2 heterocycles. The first-order chi connectivity index (χ1) is 13.8. The molecule has 5 nitrogen and oxygen atoms in total. The van der Waals surface area contributed by atoms with E-state index in [9.17, 15) is 18.0 Å². The molecule has 0 atom stereocenters. The van der Waals surface area contributed by atoms with Gasteiger partial charge in [-0.25, -0.2) is 0 Å². The maximum atomic E-state index is 12.5. The number of pyridine rings is 1. The van der Waals surface area contributed by atoms with E-state index in [1.807, 2.05) is 25.1 Å². The third-order valence-electron chi connectivity index (χ3n) is 4.58. The number of nitrogens with one attached hydrogen (secondary N) is 1. The van der Waals surface area contributed by atoms with Crippen molar-refractivity contribution in [3.63, 3.8) is 0 Å². The van der Waals surface area contributed by atoms with Crippen LogP contribution in [0.25, 0.3) is 16.8 Å². The highest BCUT2D eigenvalue weighted by molar-refractivity contribution is 5.80. The fourth-order valence-corrected chi connectivity index (χ4v) is 3.30. The number of hydrogen-bond acceptors (Lipinski definition) is 4. The van der Waals surface area contributed by atoms with Crippen LogP contribution in [0, 0.1) is 6.92 Å². The highest BCUT2D eigenvalue weighted by atomic mass is 19.4. The van der Waals surface area contributed by atoms with Crippen LogP contribution >= 0.6 is 0 Å². The van der Waals surface area contributed by atoms with Gasteiger partial charge in [-0.05, 0) is 42.8 Å². The number of alkyl halides is 3. The van der Waals surface area contributed by atoms with Crippen LogP contribution in [0.15, 0.2) is 59.5 Å². The number of rotatable bonds is 3. The van der Waals surface area contributed by atoms with E-state index in [0.29, 0.717) is 24.6 Å². The van der Waals surface area contributed by atoms with Gasteiger partial charge in [0.05, 0.1) is 5.69 Å². The van der Waals surface area contributed by atoms with Gasteiger partial charge in [0, 0.05) is 35.6 Å². The molecule has 4 rings (SSSR count). The standard InChI is InChI=1S/C21H17F3N2O3/c1-13-11-19(27)26(14-5-7-15(8-6-14)29-21(22,23)24)12-17(13)16-3-2-4-18-20(16)28-10-9-25-18/h2-8,11-12,25H,9-10H2,1H3. The molecule has 1 aromatic heterocycles. The van der Waals surface area contributed by atoms with Gasteiger partial charge in [-0.3, -0.25) is 9.36 Å². The van der Waals surface area contributed by atoms with E-state index in [1.54, 1.807) is 6.20 Å². The number of fused-ring (bicyclic) bond motifs is 1. The minimum absolute atomic E-state index is 0.292. The summed E-state index contributed by atoms with van der Waals surface area (Å²) in [6.45, 7) is 3.07. The summed E-state index contributed by atoms with van der Waals surface area (Å²) >= 11 is 0. The summed E-state index contributed by atoms with van der Waals surface area (Å²) in [5.74, 6) is 0.360. The Bertz CT molecular complexity index is 1110. The van der Waals surface area contributed by atoms with Crippen LogP contribution in [0.2, 0.25) is 0 Å². The first-order valence-corrected chi connectivity index (χ1v) is 8.91. The topological polar surface area (TPSA) is 52.5 Å². The highest BCUT2D eigenvalue weighted by Gasteiger charge is 2.31. The molecule has 8 heteroatoms. The summed E-state index contributed by atoms with van der Waals surface area (Å²) in [7, 11) is 0. The molecule has 1 aliphatic rings. The number of ether oxygens (including phenoxy) is 2. The Morgan fingerprint density at radius 1 is 1.10 bits per heavy atom. The van der Waals surface area contributed by atoms with Crippen molar-refractivity contribution in [1.82, 2.24) is 4.57 Å². The minimum atomic E-state index is -4.77. The second kappa shape index (κ2) is 7.20. The van der Waals surface area contributed by atoms with Gasteiger partial charge in [0.1, 0.15) is 18.1 Å². The number of benzene rings is 2. The third-order valence-corrected chi connectivity index (χ3v) is 4.58. The normalized spacial score (nSPS) is 13.2. The predicted molar refractivity (Wildman–Crippen MR) is 103 cm³/mol. The minimum Gasteiger partial charge on any atom is -0.489 e. The summed E-state index contributed by atoms with van der Waals surface area (Å²) in [6.07, 6.45) is -3.10. The van der Waals surface area contributed by atoms with Crippen LogP contribution < -0.4 is 20.3 Å². The van der Waals surface area contributed by atoms with Crippen molar-refractivity contribution in [2.45, 2.75) is 13.3 Å². The molecule has 1 N–H and O–H groups in total. The van der Waals surface area contributed by atoms with E-state index in [-0.39, 0.29) is 11.3 Å². The Kier molecular flexibility index (Phi) is 4.70. The molecule has 29 heavy (non-hydrogen) atoms. The van der Waals surface area contributed by atoms with Crippen LogP contribution in [0.3, 0.4) is 0 Å². The maximum Gasteiger partial charge on any atom is 0.573 e. The third kappa shape index (κ3) is 3.91. The average molecular weight is 402 g/mol. The van der Waals surface area contributed by atoms with Crippen LogP contribution in [-0.2, 0) is 0 Å². The lowest BCUT2D eigenvalue weighted by molar-refractivity contribution is -0.274. The number of para-hydroxylation sites is 1. The zero-order valence-corrected chi connectivity index (χ0v) is 15.4. The van der Waals surface area contributed by atoms with Crippen molar-refractivity contribution in [2.24, 2.45) is 0 Å². The van der Waals surface area contributed by atoms with Crippen molar-refractivity contribution in [3.8, 4) is 28.3 Å². The monoisotopic (exact) mass is 402 g/mol. The lowest BCUT2D eigenvalue weighted by atomic mass is 10.0. The fourth-order valence-electron chi connectivity index (χ4n) is 3.30. The van der Waals surface area contributed by atoms with Crippen molar-refractivity contribution in [3.05, 3.63) is 70.6 Å². The van der Waals surface area contributed by atoms with Gasteiger partial charge in [-0.1, -0.05) is 12.1 Å². The summed E-state index contributed by atoms with van der Waals surface area (Å²) in [5.41, 5.74) is 3.40. The van der Waals surface area contributed by atoms with Gasteiger partial charge in [0.15, 0.2) is 0 Å². The van der Waals surface area contributed by atoms with Crippen LogP contribution in [0.1, 0.15) is 5.56 Å². The Morgan fingerprint density at radius 3 is 2.59 bits per heavy atom. The molecular weight excluding hydrogens is 385 g/mol. The highest BCUT2D eigenvalue weighted by Crippen LogP contribution is 2.39. The van der Waals surface area contributed by atoms with Crippen molar-refractivity contribution >= 4 is 5.69 Å². The zero-order valence-electron chi connectivity index (χ0n) is 15.4. The van der Waals surface area contributed by atoms with E-state index in [4.69, 9.17) is 4.74 Å². The summed E-state index contributed by atoms with van der Waals surface area (Å²) in [4.78, 5) is 12.5. The second-order valence-electron chi connectivity index (χ2n) is 6.58. The van der Waals surface area contributed by atoms with Gasteiger partial charge in [-0.15, -0.1) is 13.2 Å². The van der Waals surface area contributed by atoms with Crippen LogP contribution in [0.4, 0.5) is 18.9 Å². The molecule has 0 spiro atoms. The first kappa shape index (κ1) is 18.9. The van der Waals surface area contributed by atoms with Crippen molar-refractivity contribution in [1.29, 1.82) is 0 Å². The molecule has 0 saturated heterocycles. The molecule has 0 aliphatic carbocycles. The van der Waals surface area contributed by atoms with Gasteiger partial charge < -0.3 is 14.8 Å². The van der Waals surface area contributed by atoms with Gasteiger partial charge in [-0.2, -0.15) is 0 Å². The number of aryl methyl sites for hydroxylation is 1. The first-order valence-electron chi connectivity index (χ1n) is 8.91. The Labute approximate surface area is 164 Å². The average Bonchev–Trinajstić information content (AvgIpc) is 2.67. The van der Waals surface area contributed by atoms with E-state index in [2.05, 4.69) is 10.1 Å². The summed E-state index contributed by atoms with van der Waals surface area (Å²) < 4.78 is 48.2. The van der Waals surface area contributed by atoms with Gasteiger partial charge in [0.25, 0.3) is 5.56 Å². The second-order valence-corrected chi connectivity index (χ2v) is 6.58. The quantitative estimate of drug-likeness (QED) is 0.700. The fraction of sp³-hybridized carbons (Fsp3) is 0.190. The Hall–Kier alpha value is -3.42. The Balaban J connectivity index is 1.77. The molecule has 0 unspecified atom stereocenters. The number of hydrogen-bond donors (Lipinski definition) is 1. The molecule has 0 saturated carbocycles. The molecule has 0 fully saturated rings. The van der Waals surface area contributed by atoms with Crippen LogP contribution in [0.5, 0.6) is 11.5 Å². The number of nitrogens with zero attached hydrogens (tertiary/aromatic N) is 1. The molecule has 0 amide bonds. The molecular formula is C21H17F3N2O3. The number of halogens is 3. The molecule has 0 radical (unpaired) electrons. The van der Waals surface area contributed by atoms with E-state index >= 15 is 0 Å². The smallest absolute Gasteiger partial charge is 0.489 e. The van der Waals surface area contributed by atoms with Crippen molar-refractivity contribution < 1.29 is 22.6 Å². The Morgan fingerprint density at radius 2 is 1.86 bits per heavy atom. The molecule has 150 valence electrons. The van der Waals surface area contributed by atoms with Gasteiger partial charge >= 0.3 is 6.36 Å². The van der Waals surface area contributed by atoms with E-state index in [1.165, 1.54) is 34.9 Å². The van der Waals surface area contributed by atoms with E-state index in [0.717, 1.165) is 22.4 Å². The molecule has 2 aromatic carbocycles. The summed E-state index contributed by atoms with van der Waals surface area (Å²) in [5, 5.41) is 3.28. The lowest BCUT2D eigenvalue weighted by Gasteiger charge is -2.22. The summed E-state index contributed by atoms with van der Waals surface area (Å²) in [6, 6.07) is 12.4. The largest absolute Gasteiger partial charge is 0.573 e. The lowest BCUT2D eigenvalue weighted by Crippen LogP contribution is -2.20.